The third-order valence-corrected chi connectivity index (χ3v) is 1.67. The van der Waals surface area contributed by atoms with E-state index in [9.17, 15) is 5.11 Å². The van der Waals surface area contributed by atoms with E-state index in [0.29, 0.717) is 5.56 Å². The molecule has 0 aliphatic heterocycles. The summed E-state index contributed by atoms with van der Waals surface area (Å²) in [5.41, 5.74) is 0.693. The summed E-state index contributed by atoms with van der Waals surface area (Å²) in [4.78, 5) is 0. The van der Waals surface area contributed by atoms with E-state index in [1.165, 1.54) is 0 Å². The highest BCUT2D eigenvalue weighted by Crippen LogP contribution is 2.16. The molecule has 12 heavy (non-hydrogen) atoms. The summed E-state index contributed by atoms with van der Waals surface area (Å²) in [7, 11) is 1.58. The van der Waals surface area contributed by atoms with E-state index in [0.717, 1.165) is 5.75 Å². The molecule has 1 rings (SSSR count). The fraction of sp³-hybridized carbons (Fsp3) is 0.333. The Kier molecular flexibility index (Phi) is 3.08. The summed E-state index contributed by atoms with van der Waals surface area (Å²) in [6.45, 7) is -0.258. The van der Waals surface area contributed by atoms with Gasteiger partial charge in [-0.1, -0.05) is 12.1 Å². The second-order valence-corrected chi connectivity index (χ2v) is 2.47. The molecule has 0 aliphatic rings. The summed E-state index contributed by atoms with van der Waals surface area (Å²) in [6.07, 6.45) is -0.795. The van der Waals surface area contributed by atoms with Gasteiger partial charge in [0.15, 0.2) is 0 Å². The topological polar surface area (TPSA) is 49.7 Å². The number of aliphatic hydroxyl groups excluding tert-OH is 2. The Morgan fingerprint density at radius 2 is 1.92 bits per heavy atom. The smallest absolute Gasteiger partial charge is 0.118 e. The van der Waals surface area contributed by atoms with Crippen LogP contribution in [0.3, 0.4) is 0 Å². The quantitative estimate of drug-likeness (QED) is 0.699. The summed E-state index contributed by atoms with van der Waals surface area (Å²) in [6, 6.07) is 6.93. The molecule has 3 heteroatoms. The van der Waals surface area contributed by atoms with E-state index in [1.807, 2.05) is 0 Å². The number of ether oxygens (including phenoxy) is 1. The normalized spacial score (nSPS) is 12.6. The largest absolute Gasteiger partial charge is 0.497 e. The molecule has 0 heterocycles. The molecule has 0 aliphatic carbocycles. The number of benzene rings is 1. The molecule has 0 amide bonds. The Balaban J connectivity index is 2.77. The predicted octanol–water partition coefficient (Wildman–Crippen LogP) is 0.721. The van der Waals surface area contributed by atoms with Crippen molar-refractivity contribution >= 4 is 0 Å². The van der Waals surface area contributed by atoms with Crippen LogP contribution in [0.5, 0.6) is 5.75 Å². The molecule has 0 saturated carbocycles. The molecule has 3 nitrogen and oxygen atoms in total. The third-order valence-electron chi connectivity index (χ3n) is 1.67. The second kappa shape index (κ2) is 4.09. The highest BCUT2D eigenvalue weighted by Gasteiger charge is 2.04. The molecule has 0 bridgehead atoms. The Labute approximate surface area is 71.2 Å². The van der Waals surface area contributed by atoms with Crippen LogP contribution in [0.25, 0.3) is 0 Å². The number of methoxy groups -OCH3 is 1. The molecule has 2 N–H and O–H groups in total. The molecule has 1 aromatic carbocycles. The van der Waals surface area contributed by atoms with Gasteiger partial charge in [-0.3, -0.25) is 0 Å². The van der Waals surface area contributed by atoms with Crippen LogP contribution in [0.4, 0.5) is 0 Å². The zero-order valence-corrected chi connectivity index (χ0v) is 6.90. The summed E-state index contributed by atoms with van der Waals surface area (Å²) in [5.74, 6) is 0.740. The first-order chi connectivity index (χ1) is 5.77. The van der Waals surface area contributed by atoms with Crippen molar-refractivity contribution in [1.29, 1.82) is 0 Å². The first-order valence-corrected chi connectivity index (χ1v) is 3.71. The van der Waals surface area contributed by atoms with Gasteiger partial charge in [-0.15, -0.1) is 0 Å². The third kappa shape index (κ3) is 1.96. The predicted molar refractivity (Wildman–Crippen MR) is 45.0 cm³/mol. The van der Waals surface area contributed by atoms with Crippen molar-refractivity contribution in [2.75, 3.05) is 13.7 Å². The summed E-state index contributed by atoms with van der Waals surface area (Å²) >= 11 is 0. The number of hydrogen-bond acceptors (Lipinski definition) is 3. The highest BCUT2D eigenvalue weighted by molar-refractivity contribution is 5.28. The van der Waals surface area contributed by atoms with Crippen LogP contribution in [-0.2, 0) is 0 Å². The molecular weight excluding hydrogens is 156 g/mol. The molecule has 1 aromatic rings. The van der Waals surface area contributed by atoms with Gasteiger partial charge in [0.25, 0.3) is 0 Å². The molecule has 0 spiro atoms. The van der Waals surface area contributed by atoms with Crippen molar-refractivity contribution in [2.45, 2.75) is 6.10 Å². The Morgan fingerprint density at radius 3 is 2.33 bits per heavy atom. The number of aliphatic hydroxyl groups is 2. The highest BCUT2D eigenvalue weighted by atomic mass is 16.5. The zero-order valence-electron chi connectivity index (χ0n) is 6.90. The van der Waals surface area contributed by atoms with Crippen molar-refractivity contribution < 1.29 is 14.9 Å². The van der Waals surface area contributed by atoms with E-state index in [-0.39, 0.29) is 6.61 Å². The standard InChI is InChI=1S/C9H12O3/c1-12-8-4-2-7(3-5-8)9(11)6-10/h2-5,9-11H,6H2,1H3. The van der Waals surface area contributed by atoms with Crippen LogP contribution < -0.4 is 4.74 Å². The van der Waals surface area contributed by atoms with Crippen molar-refractivity contribution in [2.24, 2.45) is 0 Å². The van der Waals surface area contributed by atoms with Gasteiger partial charge >= 0.3 is 0 Å². The first kappa shape index (κ1) is 9.03. The lowest BCUT2D eigenvalue weighted by atomic mass is 10.1. The van der Waals surface area contributed by atoms with Crippen LogP contribution in [0.1, 0.15) is 11.7 Å². The van der Waals surface area contributed by atoms with Gasteiger partial charge in [0.1, 0.15) is 11.9 Å². The maximum atomic E-state index is 9.20. The summed E-state index contributed by atoms with van der Waals surface area (Å²) in [5, 5.41) is 17.8. The van der Waals surface area contributed by atoms with Crippen molar-refractivity contribution in [3.8, 4) is 5.75 Å². The average molecular weight is 168 g/mol. The van der Waals surface area contributed by atoms with E-state index in [4.69, 9.17) is 9.84 Å². The van der Waals surface area contributed by atoms with E-state index >= 15 is 0 Å². The minimum atomic E-state index is -0.795. The van der Waals surface area contributed by atoms with Gasteiger partial charge in [0.2, 0.25) is 0 Å². The lowest BCUT2D eigenvalue weighted by Gasteiger charge is -2.07. The lowest BCUT2D eigenvalue weighted by Crippen LogP contribution is -2.01. The van der Waals surface area contributed by atoms with Crippen molar-refractivity contribution in [3.63, 3.8) is 0 Å². The van der Waals surface area contributed by atoms with Crippen LogP contribution in [0.15, 0.2) is 24.3 Å². The maximum Gasteiger partial charge on any atom is 0.118 e. The summed E-state index contributed by atoms with van der Waals surface area (Å²) < 4.78 is 4.94. The molecule has 0 saturated heterocycles. The Bertz CT molecular complexity index is 230. The van der Waals surface area contributed by atoms with E-state index in [1.54, 1.807) is 31.4 Å². The second-order valence-electron chi connectivity index (χ2n) is 2.47. The first-order valence-electron chi connectivity index (χ1n) is 3.71. The monoisotopic (exact) mass is 168 g/mol. The fourth-order valence-corrected chi connectivity index (χ4v) is 0.931. The number of rotatable bonds is 3. The number of hydrogen-bond donors (Lipinski definition) is 2. The molecule has 66 valence electrons. The van der Waals surface area contributed by atoms with Crippen LogP contribution in [-0.4, -0.2) is 23.9 Å². The fourth-order valence-electron chi connectivity index (χ4n) is 0.931. The maximum absolute atomic E-state index is 9.20. The van der Waals surface area contributed by atoms with Gasteiger partial charge in [-0.2, -0.15) is 0 Å². The molecule has 1 atom stereocenters. The van der Waals surface area contributed by atoms with Gasteiger partial charge in [0, 0.05) is 0 Å². The average Bonchev–Trinajstić information content (AvgIpc) is 2.17. The van der Waals surface area contributed by atoms with Crippen molar-refractivity contribution in [1.82, 2.24) is 0 Å². The Morgan fingerprint density at radius 1 is 1.33 bits per heavy atom. The zero-order chi connectivity index (χ0) is 8.97. The van der Waals surface area contributed by atoms with Crippen LogP contribution in [0.2, 0.25) is 0 Å². The van der Waals surface area contributed by atoms with Gasteiger partial charge < -0.3 is 14.9 Å². The van der Waals surface area contributed by atoms with E-state index in [2.05, 4.69) is 0 Å². The van der Waals surface area contributed by atoms with Crippen LogP contribution in [0, 0.1) is 0 Å². The Hall–Kier alpha value is -1.06. The molecular formula is C9H12O3. The van der Waals surface area contributed by atoms with Gasteiger partial charge in [0.05, 0.1) is 13.7 Å². The molecule has 0 aromatic heterocycles. The molecule has 0 fully saturated rings. The minimum absolute atomic E-state index is 0.258. The van der Waals surface area contributed by atoms with Crippen LogP contribution >= 0.6 is 0 Å². The van der Waals surface area contributed by atoms with Crippen molar-refractivity contribution in [3.05, 3.63) is 29.8 Å². The molecule has 1 unspecified atom stereocenters. The van der Waals surface area contributed by atoms with E-state index < -0.39 is 6.10 Å². The SMILES string of the molecule is COc1ccc(C(O)CO)cc1. The lowest BCUT2D eigenvalue weighted by molar-refractivity contribution is 0.0956. The van der Waals surface area contributed by atoms with Gasteiger partial charge in [-0.05, 0) is 17.7 Å². The minimum Gasteiger partial charge on any atom is -0.497 e. The molecule has 0 radical (unpaired) electrons. The van der Waals surface area contributed by atoms with Gasteiger partial charge in [-0.25, -0.2) is 0 Å².